The molecule has 0 aliphatic carbocycles. The Labute approximate surface area is 223 Å². The predicted molar refractivity (Wildman–Crippen MR) is 143 cm³/mol. The number of rotatable bonds is 7. The van der Waals surface area contributed by atoms with Crippen molar-refractivity contribution in [3.63, 3.8) is 0 Å². The molecule has 3 aromatic carbocycles. The summed E-state index contributed by atoms with van der Waals surface area (Å²) >= 11 is 2.32. The van der Waals surface area contributed by atoms with Gasteiger partial charge in [0.15, 0.2) is 0 Å². The quantitative estimate of drug-likeness (QED) is 0.272. The Balaban J connectivity index is 1.63. The molecule has 0 saturated carbocycles. The van der Waals surface area contributed by atoms with E-state index in [0.29, 0.717) is 24.3 Å². The lowest BCUT2D eigenvalue weighted by Gasteiger charge is -2.54. The third-order valence-corrected chi connectivity index (χ3v) is 7.53. The van der Waals surface area contributed by atoms with Crippen molar-refractivity contribution in [3.8, 4) is 5.75 Å². The summed E-state index contributed by atoms with van der Waals surface area (Å²) in [5, 5.41) is 0. The minimum Gasteiger partial charge on any atom is -0.406 e. The van der Waals surface area contributed by atoms with E-state index >= 15 is 0 Å². The Hall–Kier alpha value is -2.59. The fourth-order valence-electron chi connectivity index (χ4n) is 4.81. The summed E-state index contributed by atoms with van der Waals surface area (Å²) in [6.45, 7) is 8.03. The second-order valence-corrected chi connectivity index (χ2v) is 10.6. The highest BCUT2D eigenvalue weighted by Crippen LogP contribution is 2.36. The van der Waals surface area contributed by atoms with E-state index in [-0.39, 0.29) is 11.7 Å². The Morgan fingerprint density at radius 3 is 2.33 bits per heavy atom. The van der Waals surface area contributed by atoms with Crippen molar-refractivity contribution in [2.45, 2.75) is 45.6 Å². The van der Waals surface area contributed by atoms with Gasteiger partial charge in [-0.1, -0.05) is 37.3 Å². The molecular weight excluding hydrogens is 580 g/mol. The number of benzene rings is 3. The largest absolute Gasteiger partial charge is 0.573 e. The zero-order chi connectivity index (χ0) is 26.1. The number of carbonyl (C=O) groups is 1. The minimum absolute atomic E-state index is 0.170. The highest BCUT2D eigenvalue weighted by Gasteiger charge is 2.47. The number of halogens is 4. The molecule has 1 fully saturated rings. The topological polar surface area (TPSA) is 32.8 Å². The molecule has 1 aliphatic rings. The van der Waals surface area contributed by atoms with E-state index in [1.165, 1.54) is 33.4 Å². The van der Waals surface area contributed by atoms with Gasteiger partial charge in [-0.25, -0.2) is 0 Å². The molecule has 1 amide bonds. The normalized spacial score (nSPS) is 15.3. The van der Waals surface area contributed by atoms with E-state index in [2.05, 4.69) is 51.3 Å². The molecule has 36 heavy (non-hydrogen) atoms. The van der Waals surface area contributed by atoms with Gasteiger partial charge in [-0.3, -0.25) is 14.6 Å². The Kier molecular flexibility index (Phi) is 7.66. The van der Waals surface area contributed by atoms with Gasteiger partial charge < -0.3 is 4.74 Å². The number of hydrogen-bond donors (Lipinski definition) is 0. The van der Waals surface area contributed by atoms with E-state index in [1.807, 2.05) is 44.2 Å². The molecule has 4 rings (SSSR count). The smallest absolute Gasteiger partial charge is 0.406 e. The Morgan fingerprint density at radius 1 is 1.08 bits per heavy atom. The van der Waals surface area contributed by atoms with Crippen molar-refractivity contribution >= 4 is 34.2 Å². The van der Waals surface area contributed by atoms with Gasteiger partial charge in [-0.2, -0.15) is 0 Å². The lowest BCUT2D eigenvalue weighted by atomic mass is 9.87. The van der Waals surface area contributed by atoms with Crippen LogP contribution in [-0.2, 0) is 13.0 Å². The lowest BCUT2D eigenvalue weighted by molar-refractivity contribution is -0.274. The van der Waals surface area contributed by atoms with E-state index in [4.69, 9.17) is 0 Å². The first-order valence-electron chi connectivity index (χ1n) is 11.7. The van der Waals surface area contributed by atoms with Crippen LogP contribution >= 0.6 is 22.6 Å². The molecular formula is C28H28F3IN2O2. The average Bonchev–Trinajstić information content (AvgIpc) is 2.79. The van der Waals surface area contributed by atoms with Crippen LogP contribution in [0, 0.1) is 10.5 Å². The minimum atomic E-state index is -4.77. The van der Waals surface area contributed by atoms with Gasteiger partial charge in [0, 0.05) is 34.5 Å². The van der Waals surface area contributed by atoms with Gasteiger partial charge in [-0.05, 0) is 95.9 Å². The maximum absolute atomic E-state index is 13.9. The van der Waals surface area contributed by atoms with Crippen molar-refractivity contribution in [3.05, 3.63) is 92.6 Å². The SMILES string of the molecule is CCc1ccc(C(=O)N(c2ccc(OC(F)(F)F)cc2)C2(C)CN(Cc3ccccc3I)C2)c(C)c1. The Bertz CT molecular complexity index is 1240. The van der Waals surface area contributed by atoms with Crippen LogP contribution in [0.2, 0.25) is 0 Å². The molecule has 0 bridgehead atoms. The number of aryl methyl sites for hydroxylation is 2. The molecule has 0 spiro atoms. The summed E-state index contributed by atoms with van der Waals surface area (Å²) in [7, 11) is 0. The number of alkyl halides is 3. The molecule has 8 heteroatoms. The first-order chi connectivity index (χ1) is 17.0. The van der Waals surface area contributed by atoms with Gasteiger partial charge in [0.05, 0.1) is 5.54 Å². The highest BCUT2D eigenvalue weighted by atomic mass is 127. The van der Waals surface area contributed by atoms with E-state index in [0.717, 1.165) is 24.1 Å². The van der Waals surface area contributed by atoms with E-state index in [9.17, 15) is 18.0 Å². The summed E-state index contributed by atoms with van der Waals surface area (Å²) in [5.41, 5.74) is 3.82. The molecule has 0 radical (unpaired) electrons. The maximum atomic E-state index is 13.9. The first kappa shape index (κ1) is 26.5. The molecule has 0 atom stereocenters. The molecule has 0 unspecified atom stereocenters. The zero-order valence-corrected chi connectivity index (χ0v) is 22.6. The Morgan fingerprint density at radius 2 is 1.75 bits per heavy atom. The molecule has 1 aliphatic heterocycles. The van der Waals surface area contributed by atoms with Gasteiger partial charge in [-0.15, -0.1) is 13.2 Å². The molecule has 0 N–H and O–H groups in total. The van der Waals surface area contributed by atoms with Crippen molar-refractivity contribution in [2.75, 3.05) is 18.0 Å². The second-order valence-electron chi connectivity index (χ2n) is 9.42. The predicted octanol–water partition coefficient (Wildman–Crippen LogP) is 6.98. The summed E-state index contributed by atoms with van der Waals surface area (Å²) in [6, 6.07) is 19.5. The van der Waals surface area contributed by atoms with Crippen molar-refractivity contribution in [1.82, 2.24) is 4.90 Å². The summed E-state index contributed by atoms with van der Waals surface area (Å²) in [5.74, 6) is -0.489. The average molecular weight is 608 g/mol. The summed E-state index contributed by atoms with van der Waals surface area (Å²) in [6.07, 6.45) is -3.91. The lowest BCUT2D eigenvalue weighted by Crippen LogP contribution is -2.69. The van der Waals surface area contributed by atoms with Crippen LogP contribution in [0.5, 0.6) is 5.75 Å². The molecule has 190 valence electrons. The fraction of sp³-hybridized carbons (Fsp3) is 0.321. The van der Waals surface area contributed by atoms with Crippen LogP contribution in [0.4, 0.5) is 18.9 Å². The van der Waals surface area contributed by atoms with Crippen LogP contribution in [0.1, 0.15) is 40.9 Å². The van der Waals surface area contributed by atoms with Crippen molar-refractivity contribution in [2.24, 2.45) is 0 Å². The maximum Gasteiger partial charge on any atom is 0.573 e. The number of hydrogen-bond acceptors (Lipinski definition) is 3. The third-order valence-electron chi connectivity index (χ3n) is 6.48. The number of carbonyl (C=O) groups excluding carboxylic acids is 1. The fourth-order valence-corrected chi connectivity index (χ4v) is 5.37. The monoisotopic (exact) mass is 608 g/mol. The molecule has 1 heterocycles. The van der Waals surface area contributed by atoms with Crippen LogP contribution in [0.15, 0.2) is 66.7 Å². The van der Waals surface area contributed by atoms with Gasteiger partial charge in [0.25, 0.3) is 5.91 Å². The number of likely N-dealkylation sites (tertiary alicyclic amines) is 1. The van der Waals surface area contributed by atoms with Crippen LogP contribution in [0.25, 0.3) is 0 Å². The third kappa shape index (κ3) is 5.86. The van der Waals surface area contributed by atoms with Gasteiger partial charge in [0.1, 0.15) is 5.75 Å². The highest BCUT2D eigenvalue weighted by molar-refractivity contribution is 14.1. The molecule has 3 aromatic rings. The van der Waals surface area contributed by atoms with Crippen molar-refractivity contribution in [1.29, 1.82) is 0 Å². The van der Waals surface area contributed by atoms with Crippen LogP contribution in [0.3, 0.4) is 0 Å². The molecule has 1 saturated heterocycles. The second kappa shape index (κ2) is 10.4. The number of anilines is 1. The van der Waals surface area contributed by atoms with E-state index in [1.54, 1.807) is 4.90 Å². The van der Waals surface area contributed by atoms with Gasteiger partial charge in [0.2, 0.25) is 0 Å². The van der Waals surface area contributed by atoms with Crippen molar-refractivity contribution < 1.29 is 22.7 Å². The number of ether oxygens (including phenoxy) is 1. The summed E-state index contributed by atoms with van der Waals surface area (Å²) < 4.78 is 43.2. The molecule has 0 aromatic heterocycles. The van der Waals surface area contributed by atoms with E-state index < -0.39 is 11.9 Å². The molecule has 4 nitrogen and oxygen atoms in total. The number of amides is 1. The van der Waals surface area contributed by atoms with Gasteiger partial charge >= 0.3 is 6.36 Å². The summed E-state index contributed by atoms with van der Waals surface area (Å²) in [4.78, 5) is 17.9. The standard InChI is InChI=1S/C28H28F3IN2O2/c1-4-20-9-14-24(19(2)15-20)26(35)34(22-10-12-23(13-11-22)36-28(29,30)31)27(3)17-33(18-27)16-21-7-5-6-8-25(21)32/h5-15H,4,16-18H2,1-3H3. The zero-order valence-electron chi connectivity index (χ0n) is 20.4. The van der Waals surface area contributed by atoms with Crippen LogP contribution in [-0.4, -0.2) is 35.8 Å². The van der Waals surface area contributed by atoms with Crippen LogP contribution < -0.4 is 9.64 Å². The first-order valence-corrected chi connectivity index (χ1v) is 12.8. The number of nitrogens with zero attached hydrogens (tertiary/aromatic N) is 2.